The molecule has 3 heteroatoms. The summed E-state index contributed by atoms with van der Waals surface area (Å²) >= 11 is 1.82. The molecule has 0 amide bonds. The first kappa shape index (κ1) is 16.6. The maximum absolute atomic E-state index is 12.0. The highest BCUT2D eigenvalue weighted by atomic mass is 32.2. The van der Waals surface area contributed by atoms with Crippen LogP contribution in [0, 0.1) is 20.8 Å². The second-order valence-corrected chi connectivity index (χ2v) is 8.59. The van der Waals surface area contributed by atoms with Crippen LogP contribution in [0.4, 0.5) is 0 Å². The lowest BCUT2D eigenvalue weighted by molar-refractivity contribution is -0.127. The van der Waals surface area contributed by atoms with Crippen molar-refractivity contribution in [2.45, 2.75) is 77.3 Å². The maximum atomic E-state index is 12.0. The van der Waals surface area contributed by atoms with E-state index in [-0.39, 0.29) is 11.1 Å². The van der Waals surface area contributed by atoms with Gasteiger partial charge in [-0.2, -0.15) is 0 Å². The highest BCUT2D eigenvalue weighted by molar-refractivity contribution is 7.97. The van der Waals surface area contributed by atoms with Crippen LogP contribution in [-0.2, 0) is 4.79 Å². The van der Waals surface area contributed by atoms with Gasteiger partial charge in [0, 0.05) is 28.8 Å². The molecular formula is C18H27NOS. The van der Waals surface area contributed by atoms with Crippen LogP contribution in [0.25, 0.3) is 0 Å². The first-order valence-electron chi connectivity index (χ1n) is 7.61. The summed E-state index contributed by atoms with van der Waals surface area (Å²) in [6.07, 6.45) is 1.26. The number of Topliss-reactive ketones (excluding diaryl/α,β-unsaturated/α-hetero) is 1. The summed E-state index contributed by atoms with van der Waals surface area (Å²) in [6, 6.07) is 4.48. The zero-order valence-electron chi connectivity index (χ0n) is 14.3. The Balaban J connectivity index is 2.39. The van der Waals surface area contributed by atoms with E-state index in [1.165, 1.54) is 21.6 Å². The highest BCUT2D eigenvalue weighted by Gasteiger charge is 2.45. The average molecular weight is 305 g/mol. The van der Waals surface area contributed by atoms with E-state index in [2.05, 4.69) is 64.9 Å². The van der Waals surface area contributed by atoms with Crippen LogP contribution in [0.1, 0.15) is 57.2 Å². The smallest absolute Gasteiger partial charge is 0.136 e. The van der Waals surface area contributed by atoms with Gasteiger partial charge in [-0.15, -0.1) is 0 Å². The van der Waals surface area contributed by atoms with E-state index in [0.717, 1.165) is 0 Å². The molecule has 0 N–H and O–H groups in total. The number of carbonyl (C=O) groups excluding carboxylic acids is 1. The minimum absolute atomic E-state index is 0.118. The van der Waals surface area contributed by atoms with Crippen LogP contribution in [-0.4, -0.2) is 21.2 Å². The molecule has 1 aromatic rings. The largest absolute Gasteiger partial charge is 0.300 e. The van der Waals surface area contributed by atoms with Crippen molar-refractivity contribution in [3.8, 4) is 0 Å². The SMILES string of the molecule is Cc1cc(C)c(SN2C(C)(C)CC(=O)CC2(C)C)c(C)c1. The summed E-state index contributed by atoms with van der Waals surface area (Å²) in [5, 5.41) is 0. The van der Waals surface area contributed by atoms with Gasteiger partial charge in [-0.25, -0.2) is 4.31 Å². The van der Waals surface area contributed by atoms with Gasteiger partial charge in [0.05, 0.1) is 0 Å². The molecule has 0 radical (unpaired) electrons. The maximum Gasteiger partial charge on any atom is 0.136 e. The molecule has 0 spiro atoms. The number of rotatable bonds is 2. The molecule has 116 valence electrons. The molecule has 1 aliphatic rings. The number of benzene rings is 1. The van der Waals surface area contributed by atoms with Crippen molar-refractivity contribution < 1.29 is 4.79 Å². The Kier molecular flexibility index (Phi) is 4.29. The van der Waals surface area contributed by atoms with Gasteiger partial charge in [0.25, 0.3) is 0 Å². The molecule has 0 atom stereocenters. The first-order valence-corrected chi connectivity index (χ1v) is 8.38. The normalized spacial score (nSPS) is 21.6. The van der Waals surface area contributed by atoms with Crippen molar-refractivity contribution in [1.29, 1.82) is 0 Å². The Morgan fingerprint density at radius 2 is 1.38 bits per heavy atom. The molecule has 0 bridgehead atoms. The molecule has 21 heavy (non-hydrogen) atoms. The molecule has 2 rings (SSSR count). The molecule has 0 saturated carbocycles. The molecular weight excluding hydrogens is 278 g/mol. The Hall–Kier alpha value is -0.800. The molecule has 1 fully saturated rings. The van der Waals surface area contributed by atoms with Crippen molar-refractivity contribution in [3.05, 3.63) is 28.8 Å². The van der Waals surface area contributed by atoms with Crippen molar-refractivity contribution in [2.24, 2.45) is 0 Å². The van der Waals surface area contributed by atoms with Gasteiger partial charge in [0.1, 0.15) is 5.78 Å². The summed E-state index contributed by atoms with van der Waals surface area (Å²) in [5.74, 6) is 0.374. The summed E-state index contributed by atoms with van der Waals surface area (Å²) in [7, 11) is 0. The third-order valence-electron chi connectivity index (χ3n) is 4.15. The van der Waals surface area contributed by atoms with Crippen molar-refractivity contribution in [3.63, 3.8) is 0 Å². The standard InChI is InChI=1S/C18H27NOS/c1-12-8-13(2)16(14(3)9-12)21-19-17(4,5)10-15(20)11-18(19,6)7/h8-9H,10-11H2,1-7H3. The summed E-state index contributed by atoms with van der Waals surface area (Å²) in [4.78, 5) is 13.4. The molecule has 1 aromatic carbocycles. The molecule has 1 saturated heterocycles. The molecule has 0 aromatic heterocycles. The van der Waals surface area contributed by atoms with Crippen LogP contribution in [0.3, 0.4) is 0 Å². The lowest BCUT2D eigenvalue weighted by atomic mass is 9.82. The van der Waals surface area contributed by atoms with E-state index < -0.39 is 0 Å². The predicted molar refractivity (Wildman–Crippen MR) is 90.7 cm³/mol. The van der Waals surface area contributed by atoms with Crippen LogP contribution >= 0.6 is 11.9 Å². The van der Waals surface area contributed by atoms with Gasteiger partial charge in [-0.05, 0) is 71.5 Å². The van der Waals surface area contributed by atoms with Crippen LogP contribution in [0.5, 0.6) is 0 Å². The lowest BCUT2D eigenvalue weighted by Gasteiger charge is -2.51. The quantitative estimate of drug-likeness (QED) is 0.729. The minimum Gasteiger partial charge on any atom is -0.300 e. The number of hydrogen-bond acceptors (Lipinski definition) is 3. The Bertz CT molecular complexity index is 532. The molecule has 0 unspecified atom stereocenters. The van der Waals surface area contributed by atoms with Crippen molar-refractivity contribution in [1.82, 2.24) is 4.31 Å². The third-order valence-corrected chi connectivity index (χ3v) is 6.14. The third kappa shape index (κ3) is 3.35. The average Bonchev–Trinajstić information content (AvgIpc) is 2.22. The zero-order chi connectivity index (χ0) is 16.0. The molecule has 1 heterocycles. The number of aryl methyl sites for hydroxylation is 3. The number of ketones is 1. The molecule has 0 aliphatic carbocycles. The van der Waals surface area contributed by atoms with E-state index in [0.29, 0.717) is 18.6 Å². The zero-order valence-corrected chi connectivity index (χ0v) is 15.1. The predicted octanol–water partition coefficient (Wildman–Crippen LogP) is 4.84. The van der Waals surface area contributed by atoms with Gasteiger partial charge in [0.15, 0.2) is 0 Å². The van der Waals surface area contributed by atoms with Crippen molar-refractivity contribution >= 4 is 17.7 Å². The topological polar surface area (TPSA) is 20.3 Å². The van der Waals surface area contributed by atoms with Crippen LogP contribution in [0.2, 0.25) is 0 Å². The molecule has 2 nitrogen and oxygen atoms in total. The fourth-order valence-electron chi connectivity index (χ4n) is 3.64. The number of piperidine rings is 1. The van der Waals surface area contributed by atoms with E-state index in [4.69, 9.17) is 0 Å². The van der Waals surface area contributed by atoms with Gasteiger partial charge < -0.3 is 0 Å². The van der Waals surface area contributed by atoms with E-state index in [1.807, 2.05) is 11.9 Å². The van der Waals surface area contributed by atoms with E-state index in [1.54, 1.807) is 0 Å². The van der Waals surface area contributed by atoms with E-state index >= 15 is 0 Å². The summed E-state index contributed by atoms with van der Waals surface area (Å²) in [6.45, 7) is 15.2. The second kappa shape index (κ2) is 5.44. The van der Waals surface area contributed by atoms with Gasteiger partial charge in [-0.3, -0.25) is 4.79 Å². The van der Waals surface area contributed by atoms with Crippen molar-refractivity contribution in [2.75, 3.05) is 0 Å². The van der Waals surface area contributed by atoms with Gasteiger partial charge >= 0.3 is 0 Å². The molecule has 1 aliphatic heterocycles. The monoisotopic (exact) mass is 305 g/mol. The number of hydrogen-bond donors (Lipinski definition) is 0. The number of carbonyl (C=O) groups is 1. The Morgan fingerprint density at radius 3 is 1.81 bits per heavy atom. The lowest BCUT2D eigenvalue weighted by Crippen LogP contribution is -2.57. The van der Waals surface area contributed by atoms with Crippen LogP contribution < -0.4 is 0 Å². The highest BCUT2D eigenvalue weighted by Crippen LogP contribution is 2.45. The summed E-state index contributed by atoms with van der Waals surface area (Å²) < 4.78 is 2.44. The Morgan fingerprint density at radius 1 is 0.952 bits per heavy atom. The fraction of sp³-hybridized carbons (Fsp3) is 0.611. The minimum atomic E-state index is -0.118. The second-order valence-electron chi connectivity index (χ2n) is 7.63. The van der Waals surface area contributed by atoms with Gasteiger partial charge in [-0.1, -0.05) is 17.7 Å². The van der Waals surface area contributed by atoms with Gasteiger partial charge in [0.2, 0.25) is 0 Å². The summed E-state index contributed by atoms with van der Waals surface area (Å²) in [5.41, 5.74) is 3.71. The number of nitrogens with zero attached hydrogens (tertiary/aromatic N) is 1. The fourth-order valence-corrected chi connectivity index (χ4v) is 4.85. The van der Waals surface area contributed by atoms with E-state index in [9.17, 15) is 4.79 Å². The van der Waals surface area contributed by atoms with Crippen LogP contribution in [0.15, 0.2) is 17.0 Å². The Labute approximate surface area is 133 Å². The first-order chi connectivity index (χ1) is 9.53.